The molecule has 0 saturated carbocycles. The lowest BCUT2D eigenvalue weighted by Gasteiger charge is -2.27. The van der Waals surface area contributed by atoms with Gasteiger partial charge in [-0.2, -0.15) is 0 Å². The summed E-state index contributed by atoms with van der Waals surface area (Å²) in [4.78, 5) is 12.2. The number of fused-ring (bicyclic) bond motifs is 1. The van der Waals surface area contributed by atoms with Crippen molar-refractivity contribution in [3.63, 3.8) is 0 Å². The number of anilines is 1. The van der Waals surface area contributed by atoms with E-state index in [2.05, 4.69) is 10.9 Å². The molecule has 23 heavy (non-hydrogen) atoms. The minimum atomic E-state index is -0.346. The fraction of sp³-hybridized carbons (Fsp3) is 0.167. The van der Waals surface area contributed by atoms with Gasteiger partial charge in [-0.15, -0.1) is 0 Å². The fourth-order valence-corrected chi connectivity index (χ4v) is 2.26. The average Bonchev–Trinajstić information content (AvgIpc) is 2.53. The van der Waals surface area contributed by atoms with E-state index in [1.54, 1.807) is 30.3 Å². The van der Waals surface area contributed by atoms with Crippen LogP contribution in [0.2, 0.25) is 0 Å². The van der Waals surface area contributed by atoms with Crippen molar-refractivity contribution in [2.24, 2.45) is 0 Å². The van der Waals surface area contributed by atoms with Crippen LogP contribution in [0.1, 0.15) is 29.8 Å². The SMILES string of the molecule is CC1(C)C=Cc2cc(C(=O)NNc3ccc(F)cc3)ccc2O1. The second-order valence-corrected chi connectivity index (χ2v) is 5.88. The zero-order valence-electron chi connectivity index (χ0n) is 12.9. The van der Waals surface area contributed by atoms with Crippen molar-refractivity contribution >= 4 is 17.7 Å². The predicted molar refractivity (Wildman–Crippen MR) is 87.7 cm³/mol. The second-order valence-electron chi connectivity index (χ2n) is 5.88. The molecule has 0 bridgehead atoms. The molecule has 1 heterocycles. The van der Waals surface area contributed by atoms with Crippen molar-refractivity contribution in [2.45, 2.75) is 19.4 Å². The number of rotatable bonds is 3. The van der Waals surface area contributed by atoms with Crippen LogP contribution < -0.4 is 15.6 Å². The molecule has 1 aliphatic rings. The van der Waals surface area contributed by atoms with E-state index in [4.69, 9.17) is 4.74 Å². The molecule has 118 valence electrons. The molecule has 0 fully saturated rings. The first-order valence-corrected chi connectivity index (χ1v) is 7.27. The summed E-state index contributed by atoms with van der Waals surface area (Å²) < 4.78 is 18.7. The van der Waals surface area contributed by atoms with Gasteiger partial charge in [0.05, 0.1) is 5.69 Å². The zero-order chi connectivity index (χ0) is 16.4. The summed E-state index contributed by atoms with van der Waals surface area (Å²) in [5.74, 6) is 0.141. The van der Waals surface area contributed by atoms with Gasteiger partial charge in [-0.1, -0.05) is 6.08 Å². The molecular formula is C18H17FN2O2. The standard InChI is InChI=1S/C18H17FN2O2/c1-18(2)10-9-12-11-13(3-8-16(12)23-18)17(22)21-20-15-6-4-14(19)5-7-15/h3-11,20H,1-2H3,(H,21,22). The molecule has 2 aromatic carbocycles. The molecule has 3 rings (SSSR count). The van der Waals surface area contributed by atoms with E-state index in [9.17, 15) is 9.18 Å². The molecule has 5 heteroatoms. The third kappa shape index (κ3) is 3.51. The van der Waals surface area contributed by atoms with Crippen LogP contribution in [0.15, 0.2) is 48.5 Å². The third-order valence-electron chi connectivity index (χ3n) is 3.47. The van der Waals surface area contributed by atoms with Gasteiger partial charge in [0.1, 0.15) is 17.2 Å². The Balaban J connectivity index is 1.70. The summed E-state index contributed by atoms with van der Waals surface area (Å²) in [6.07, 6.45) is 3.90. The number of hydrogen-bond donors (Lipinski definition) is 2. The van der Waals surface area contributed by atoms with Gasteiger partial charge >= 0.3 is 0 Å². The fourth-order valence-electron chi connectivity index (χ4n) is 2.26. The van der Waals surface area contributed by atoms with Crippen LogP contribution in [0.4, 0.5) is 10.1 Å². The van der Waals surface area contributed by atoms with Gasteiger partial charge < -0.3 is 4.74 Å². The van der Waals surface area contributed by atoms with Gasteiger partial charge in [-0.25, -0.2) is 4.39 Å². The Kier molecular flexibility index (Phi) is 3.78. The molecule has 1 aliphatic heterocycles. The predicted octanol–water partition coefficient (Wildman–Crippen LogP) is 3.77. The maximum absolute atomic E-state index is 12.8. The van der Waals surface area contributed by atoms with Gasteiger partial charge in [-0.3, -0.25) is 15.6 Å². The van der Waals surface area contributed by atoms with Crippen LogP contribution in [0, 0.1) is 5.82 Å². The molecule has 2 N–H and O–H groups in total. The van der Waals surface area contributed by atoms with E-state index in [1.165, 1.54) is 12.1 Å². The number of benzene rings is 2. The maximum atomic E-state index is 12.8. The van der Waals surface area contributed by atoms with Crippen molar-refractivity contribution in [2.75, 3.05) is 5.43 Å². The lowest BCUT2D eigenvalue weighted by molar-refractivity contribution is 0.0962. The van der Waals surface area contributed by atoms with Crippen LogP contribution in [-0.2, 0) is 0 Å². The van der Waals surface area contributed by atoms with Crippen LogP contribution in [-0.4, -0.2) is 11.5 Å². The normalized spacial score (nSPS) is 14.6. The van der Waals surface area contributed by atoms with E-state index in [0.717, 1.165) is 11.3 Å². The molecular weight excluding hydrogens is 295 g/mol. The van der Waals surface area contributed by atoms with Crippen LogP contribution in [0.3, 0.4) is 0 Å². The topological polar surface area (TPSA) is 50.4 Å². The Hall–Kier alpha value is -2.82. The highest BCUT2D eigenvalue weighted by atomic mass is 19.1. The summed E-state index contributed by atoms with van der Waals surface area (Å²) in [7, 11) is 0. The van der Waals surface area contributed by atoms with Crippen molar-refractivity contribution in [3.8, 4) is 5.75 Å². The molecule has 1 amide bonds. The molecule has 0 unspecified atom stereocenters. The van der Waals surface area contributed by atoms with Gasteiger partial charge in [0.15, 0.2) is 0 Å². The highest BCUT2D eigenvalue weighted by molar-refractivity contribution is 5.95. The first-order valence-electron chi connectivity index (χ1n) is 7.27. The van der Waals surface area contributed by atoms with E-state index >= 15 is 0 Å². The Morgan fingerprint density at radius 1 is 1.13 bits per heavy atom. The summed E-state index contributed by atoms with van der Waals surface area (Å²) in [5, 5.41) is 0. The largest absolute Gasteiger partial charge is 0.483 e. The summed E-state index contributed by atoms with van der Waals surface area (Å²) in [6.45, 7) is 3.94. The van der Waals surface area contributed by atoms with Gasteiger partial charge in [0, 0.05) is 11.1 Å². The van der Waals surface area contributed by atoms with Gasteiger partial charge in [-0.05, 0) is 62.4 Å². The smallest absolute Gasteiger partial charge is 0.269 e. The second kappa shape index (κ2) is 5.76. The maximum Gasteiger partial charge on any atom is 0.269 e. The monoisotopic (exact) mass is 312 g/mol. The molecule has 0 aliphatic carbocycles. The Morgan fingerprint density at radius 2 is 1.87 bits per heavy atom. The summed E-state index contributed by atoms with van der Waals surface area (Å²) in [6, 6.07) is 11.0. The Bertz CT molecular complexity index is 767. The van der Waals surface area contributed by atoms with Crippen molar-refractivity contribution < 1.29 is 13.9 Å². The number of hydrazine groups is 1. The number of carbonyl (C=O) groups excluding carboxylic acids is 1. The highest BCUT2D eigenvalue weighted by Gasteiger charge is 2.22. The Labute approximate surface area is 133 Å². The third-order valence-corrected chi connectivity index (χ3v) is 3.47. The number of amides is 1. The van der Waals surface area contributed by atoms with Crippen molar-refractivity contribution in [1.82, 2.24) is 5.43 Å². The first-order chi connectivity index (χ1) is 10.9. The van der Waals surface area contributed by atoms with Gasteiger partial charge in [0.25, 0.3) is 5.91 Å². The number of ether oxygens (including phenoxy) is 1. The van der Waals surface area contributed by atoms with E-state index < -0.39 is 0 Å². The quantitative estimate of drug-likeness (QED) is 0.848. The lowest BCUT2D eigenvalue weighted by atomic mass is 10.0. The Morgan fingerprint density at radius 3 is 2.61 bits per heavy atom. The van der Waals surface area contributed by atoms with E-state index in [-0.39, 0.29) is 17.3 Å². The van der Waals surface area contributed by atoms with Crippen molar-refractivity contribution in [3.05, 3.63) is 65.5 Å². The molecule has 4 nitrogen and oxygen atoms in total. The number of nitrogens with one attached hydrogen (secondary N) is 2. The van der Waals surface area contributed by atoms with Crippen LogP contribution in [0.25, 0.3) is 6.08 Å². The number of carbonyl (C=O) groups is 1. The summed E-state index contributed by atoms with van der Waals surface area (Å²) in [5.41, 5.74) is 6.95. The van der Waals surface area contributed by atoms with Gasteiger partial charge in [0.2, 0.25) is 0 Å². The molecule has 0 saturated heterocycles. The highest BCUT2D eigenvalue weighted by Crippen LogP contribution is 2.31. The molecule has 0 aromatic heterocycles. The lowest BCUT2D eigenvalue weighted by Crippen LogP contribution is -2.30. The zero-order valence-corrected chi connectivity index (χ0v) is 12.9. The first kappa shape index (κ1) is 15.1. The minimum Gasteiger partial charge on any atom is -0.483 e. The van der Waals surface area contributed by atoms with Crippen LogP contribution >= 0.6 is 0 Å². The van der Waals surface area contributed by atoms with Crippen LogP contribution in [0.5, 0.6) is 5.75 Å². The molecule has 2 aromatic rings. The summed E-state index contributed by atoms with van der Waals surface area (Å²) >= 11 is 0. The van der Waals surface area contributed by atoms with E-state index in [0.29, 0.717) is 11.3 Å². The number of hydrogen-bond acceptors (Lipinski definition) is 3. The molecule has 0 spiro atoms. The average molecular weight is 312 g/mol. The molecule has 0 atom stereocenters. The number of halogens is 1. The van der Waals surface area contributed by atoms with E-state index in [1.807, 2.05) is 26.0 Å². The van der Waals surface area contributed by atoms with Crippen molar-refractivity contribution in [1.29, 1.82) is 0 Å². The molecule has 0 radical (unpaired) electrons. The minimum absolute atomic E-state index is 0.282.